The summed E-state index contributed by atoms with van der Waals surface area (Å²) in [5, 5.41) is 0. The fourth-order valence-electron chi connectivity index (χ4n) is 0.460. The van der Waals surface area contributed by atoms with Crippen molar-refractivity contribution in [2.24, 2.45) is 5.73 Å². The first-order chi connectivity index (χ1) is 3.77. The molecule has 0 spiro atoms. The highest BCUT2D eigenvalue weighted by atomic mass is 127. The highest BCUT2D eigenvalue weighted by Crippen LogP contribution is 1.95. The van der Waals surface area contributed by atoms with E-state index in [1.54, 1.807) is 0 Å². The maximum atomic E-state index is 5.48. The van der Waals surface area contributed by atoms with Gasteiger partial charge in [0.25, 0.3) is 0 Å². The lowest BCUT2D eigenvalue weighted by molar-refractivity contribution is 0.397. The topological polar surface area (TPSA) is 35.2 Å². The van der Waals surface area contributed by atoms with E-state index in [-0.39, 0.29) is 0 Å². The zero-order valence-electron chi connectivity index (χ0n) is 5.06. The molecule has 1 atom stereocenters. The van der Waals surface area contributed by atoms with E-state index in [1.807, 2.05) is 29.9 Å². The van der Waals surface area contributed by atoms with Gasteiger partial charge in [-0.15, -0.1) is 0 Å². The number of rotatable bonds is 4. The van der Waals surface area contributed by atoms with Crippen LogP contribution in [0.15, 0.2) is 0 Å². The molecule has 50 valence electrons. The van der Waals surface area contributed by atoms with Crippen LogP contribution < -0.4 is 5.73 Å². The average Bonchev–Trinajstić information content (AvgIpc) is 1.66. The van der Waals surface area contributed by atoms with E-state index in [0.717, 1.165) is 19.4 Å². The molecule has 0 aromatic rings. The van der Waals surface area contributed by atoms with Gasteiger partial charge in [-0.1, -0.05) is 0 Å². The molecule has 0 amide bonds. The number of halogens is 1. The second-order valence-corrected chi connectivity index (χ2v) is 2.56. The molecular formula is C5H12INO. The largest absolute Gasteiger partial charge is 0.328 e. The molecule has 0 saturated heterocycles. The van der Waals surface area contributed by atoms with Gasteiger partial charge < -0.3 is 8.80 Å². The van der Waals surface area contributed by atoms with Crippen molar-refractivity contribution in [3.63, 3.8) is 0 Å². The smallest absolute Gasteiger partial charge is 0.109 e. The predicted octanol–water partition coefficient (Wildman–Crippen LogP) is 1.48. The Morgan fingerprint density at radius 1 is 1.75 bits per heavy atom. The molecule has 2 nitrogen and oxygen atoms in total. The van der Waals surface area contributed by atoms with E-state index in [9.17, 15) is 0 Å². The van der Waals surface area contributed by atoms with E-state index < -0.39 is 0 Å². The zero-order chi connectivity index (χ0) is 6.41. The highest BCUT2D eigenvalue weighted by Gasteiger charge is 1.91. The van der Waals surface area contributed by atoms with Gasteiger partial charge >= 0.3 is 0 Å². The first kappa shape index (κ1) is 8.65. The number of hydrogen-bond acceptors (Lipinski definition) is 2. The van der Waals surface area contributed by atoms with Gasteiger partial charge in [0.2, 0.25) is 0 Å². The lowest BCUT2D eigenvalue weighted by atomic mass is 10.2. The summed E-state index contributed by atoms with van der Waals surface area (Å²) in [6, 6.07) is 0.321. The van der Waals surface area contributed by atoms with Crippen molar-refractivity contribution in [2.45, 2.75) is 25.8 Å². The van der Waals surface area contributed by atoms with Crippen molar-refractivity contribution in [1.82, 2.24) is 0 Å². The van der Waals surface area contributed by atoms with Gasteiger partial charge in [0.15, 0.2) is 0 Å². The predicted molar refractivity (Wildman–Crippen MR) is 42.9 cm³/mol. The van der Waals surface area contributed by atoms with Crippen LogP contribution in [0.3, 0.4) is 0 Å². The lowest BCUT2D eigenvalue weighted by Crippen LogP contribution is -2.14. The molecule has 0 aromatic carbocycles. The molecule has 0 heterocycles. The van der Waals surface area contributed by atoms with Crippen molar-refractivity contribution >= 4 is 23.0 Å². The van der Waals surface area contributed by atoms with Gasteiger partial charge in [-0.05, 0) is 19.8 Å². The van der Waals surface area contributed by atoms with Crippen LogP contribution in [0.2, 0.25) is 0 Å². The second kappa shape index (κ2) is 5.78. The average molecular weight is 229 g/mol. The second-order valence-electron chi connectivity index (χ2n) is 1.93. The van der Waals surface area contributed by atoms with E-state index in [4.69, 9.17) is 8.80 Å². The minimum Gasteiger partial charge on any atom is -0.328 e. The molecule has 0 aliphatic carbocycles. The maximum absolute atomic E-state index is 5.48. The Hall–Kier alpha value is 0.650. The molecule has 0 aliphatic heterocycles. The molecule has 0 aromatic heterocycles. The van der Waals surface area contributed by atoms with Crippen LogP contribution in [0.25, 0.3) is 0 Å². The molecule has 2 N–H and O–H groups in total. The maximum Gasteiger partial charge on any atom is 0.109 e. The molecule has 0 unspecified atom stereocenters. The summed E-state index contributed by atoms with van der Waals surface area (Å²) in [4.78, 5) is 0. The molecule has 0 aliphatic rings. The van der Waals surface area contributed by atoms with Crippen molar-refractivity contribution in [3.8, 4) is 0 Å². The fourth-order valence-corrected chi connectivity index (χ4v) is 0.771. The Kier molecular flexibility index (Phi) is 6.25. The molecule has 0 radical (unpaired) electrons. The molecule has 8 heavy (non-hydrogen) atoms. The van der Waals surface area contributed by atoms with Gasteiger partial charge in [0, 0.05) is 6.04 Å². The van der Waals surface area contributed by atoms with Crippen LogP contribution in [-0.4, -0.2) is 12.6 Å². The van der Waals surface area contributed by atoms with Gasteiger partial charge in [-0.25, -0.2) is 0 Å². The van der Waals surface area contributed by atoms with Crippen LogP contribution in [-0.2, 0) is 3.07 Å². The summed E-state index contributed by atoms with van der Waals surface area (Å²) in [6.07, 6.45) is 2.13. The molecule has 0 bridgehead atoms. The molecule has 0 rings (SSSR count). The van der Waals surface area contributed by atoms with Crippen LogP contribution in [0.4, 0.5) is 0 Å². The first-order valence-corrected chi connectivity index (χ1v) is 3.64. The summed E-state index contributed by atoms with van der Waals surface area (Å²) in [5.74, 6) is 0. The van der Waals surface area contributed by atoms with Crippen LogP contribution >= 0.6 is 23.0 Å². The third-order valence-electron chi connectivity index (χ3n) is 0.881. The van der Waals surface area contributed by atoms with Crippen molar-refractivity contribution < 1.29 is 3.07 Å². The van der Waals surface area contributed by atoms with Crippen molar-refractivity contribution in [3.05, 3.63) is 0 Å². The third-order valence-corrected chi connectivity index (χ3v) is 1.32. The van der Waals surface area contributed by atoms with Crippen molar-refractivity contribution in [1.29, 1.82) is 0 Å². The summed E-state index contributed by atoms with van der Waals surface area (Å²) in [6.45, 7) is 2.83. The van der Waals surface area contributed by atoms with Gasteiger partial charge in [0.1, 0.15) is 23.0 Å². The number of hydrogen-bond donors (Lipinski definition) is 1. The summed E-state index contributed by atoms with van der Waals surface area (Å²) >= 11 is 1.89. The Morgan fingerprint density at radius 2 is 2.38 bits per heavy atom. The summed E-state index contributed by atoms with van der Waals surface area (Å²) in [7, 11) is 0. The first-order valence-electron chi connectivity index (χ1n) is 2.76. The standard InChI is InChI=1S/C5H12INO/c1-5(7)3-2-4-8-6/h5H,2-4,7H2,1H3/t5-/m0/s1. The quantitative estimate of drug-likeness (QED) is 0.585. The highest BCUT2D eigenvalue weighted by molar-refractivity contribution is 14.1. The molecular weight excluding hydrogens is 217 g/mol. The SMILES string of the molecule is C[C@H](N)CCCOI. The fraction of sp³-hybridized carbons (Fsp3) is 1.00. The lowest BCUT2D eigenvalue weighted by Gasteiger charge is -2.00. The molecule has 0 fully saturated rings. The van der Waals surface area contributed by atoms with Crippen molar-refractivity contribution in [2.75, 3.05) is 6.61 Å². The summed E-state index contributed by atoms with van der Waals surface area (Å²) < 4.78 is 4.81. The van der Waals surface area contributed by atoms with E-state index in [0.29, 0.717) is 6.04 Å². The molecule has 0 saturated carbocycles. The van der Waals surface area contributed by atoms with Crippen LogP contribution in [0.5, 0.6) is 0 Å². The van der Waals surface area contributed by atoms with E-state index in [2.05, 4.69) is 0 Å². The van der Waals surface area contributed by atoms with Crippen LogP contribution in [0, 0.1) is 0 Å². The monoisotopic (exact) mass is 229 g/mol. The Bertz CT molecular complexity index is 49.7. The van der Waals surface area contributed by atoms with Gasteiger partial charge in [-0.2, -0.15) is 0 Å². The molecule has 3 heteroatoms. The third kappa shape index (κ3) is 6.65. The number of nitrogens with two attached hydrogens (primary N) is 1. The summed E-state index contributed by atoms with van der Waals surface area (Å²) in [5.41, 5.74) is 5.48. The minimum absolute atomic E-state index is 0.321. The van der Waals surface area contributed by atoms with Gasteiger partial charge in [-0.3, -0.25) is 0 Å². The normalized spacial score (nSPS) is 13.9. The Morgan fingerprint density at radius 3 is 2.75 bits per heavy atom. The Labute approximate surface area is 64.5 Å². The minimum atomic E-state index is 0.321. The van der Waals surface area contributed by atoms with E-state index >= 15 is 0 Å². The zero-order valence-corrected chi connectivity index (χ0v) is 7.22. The Balaban J connectivity index is 2.72. The van der Waals surface area contributed by atoms with Gasteiger partial charge in [0.05, 0.1) is 6.61 Å². The van der Waals surface area contributed by atoms with E-state index in [1.165, 1.54) is 0 Å². The van der Waals surface area contributed by atoms with Crippen LogP contribution in [0.1, 0.15) is 19.8 Å².